The SMILES string of the molecule is CN1C(=O)C2(c3ccccc31)N(c1ccc(F)c(F)c1)C(=O)CS2(=O)=O. The van der Waals surface area contributed by atoms with Gasteiger partial charge in [0.15, 0.2) is 21.5 Å². The van der Waals surface area contributed by atoms with Gasteiger partial charge in [-0.15, -0.1) is 0 Å². The zero-order valence-corrected chi connectivity index (χ0v) is 14.3. The smallest absolute Gasteiger partial charge is 0.273 e. The molecular formula is C17H12F2N2O4S. The van der Waals surface area contributed by atoms with Crippen molar-refractivity contribution in [3.05, 3.63) is 59.7 Å². The van der Waals surface area contributed by atoms with Crippen LogP contribution in [0.5, 0.6) is 0 Å². The summed E-state index contributed by atoms with van der Waals surface area (Å²) >= 11 is 0. The van der Waals surface area contributed by atoms with Gasteiger partial charge in [0.05, 0.1) is 5.69 Å². The van der Waals surface area contributed by atoms with Crippen LogP contribution in [-0.4, -0.2) is 33.0 Å². The third kappa shape index (κ3) is 1.80. The molecule has 0 aliphatic carbocycles. The van der Waals surface area contributed by atoms with E-state index in [4.69, 9.17) is 0 Å². The Bertz CT molecular complexity index is 1090. The summed E-state index contributed by atoms with van der Waals surface area (Å²) in [4.78, 5) is 25.2. The van der Waals surface area contributed by atoms with Crippen LogP contribution in [0.3, 0.4) is 0 Å². The van der Waals surface area contributed by atoms with Gasteiger partial charge in [-0.05, 0) is 18.2 Å². The molecule has 2 aromatic carbocycles. The predicted octanol–water partition coefficient (Wildman–Crippen LogP) is 1.56. The second-order valence-electron chi connectivity index (χ2n) is 6.11. The first-order chi connectivity index (χ1) is 12.2. The summed E-state index contributed by atoms with van der Waals surface area (Å²) in [5.74, 6) is -5.02. The highest BCUT2D eigenvalue weighted by atomic mass is 32.2. The molecular weight excluding hydrogens is 366 g/mol. The van der Waals surface area contributed by atoms with E-state index in [1.807, 2.05) is 0 Å². The Morgan fingerprint density at radius 2 is 1.73 bits per heavy atom. The van der Waals surface area contributed by atoms with Crippen molar-refractivity contribution < 1.29 is 26.8 Å². The molecule has 1 unspecified atom stereocenters. The number of likely N-dealkylation sites (N-methyl/N-ethyl adjacent to an activating group) is 1. The number of sulfone groups is 1. The molecule has 1 atom stereocenters. The first-order valence-corrected chi connectivity index (χ1v) is 9.25. The van der Waals surface area contributed by atoms with Crippen molar-refractivity contribution in [2.24, 2.45) is 0 Å². The van der Waals surface area contributed by atoms with Crippen molar-refractivity contribution in [2.75, 3.05) is 22.6 Å². The van der Waals surface area contributed by atoms with Crippen molar-refractivity contribution >= 4 is 33.0 Å². The van der Waals surface area contributed by atoms with E-state index in [2.05, 4.69) is 0 Å². The largest absolute Gasteiger partial charge is 0.312 e. The van der Waals surface area contributed by atoms with Crippen LogP contribution < -0.4 is 9.80 Å². The summed E-state index contributed by atoms with van der Waals surface area (Å²) in [5.41, 5.74) is 0.250. The lowest BCUT2D eigenvalue weighted by molar-refractivity contribution is -0.123. The molecule has 0 saturated carbocycles. The Morgan fingerprint density at radius 1 is 1.04 bits per heavy atom. The molecule has 0 radical (unpaired) electrons. The quantitative estimate of drug-likeness (QED) is 0.755. The van der Waals surface area contributed by atoms with E-state index in [0.29, 0.717) is 11.8 Å². The van der Waals surface area contributed by atoms with Crippen LogP contribution in [0.15, 0.2) is 42.5 Å². The highest BCUT2D eigenvalue weighted by molar-refractivity contribution is 7.94. The highest BCUT2D eigenvalue weighted by Gasteiger charge is 2.69. The molecule has 6 nitrogen and oxygen atoms in total. The van der Waals surface area contributed by atoms with Crippen molar-refractivity contribution in [3.8, 4) is 0 Å². The Labute approximate surface area is 147 Å². The van der Waals surface area contributed by atoms with Crippen LogP contribution in [0, 0.1) is 11.6 Å². The number of benzene rings is 2. The molecule has 2 aliphatic rings. The molecule has 4 rings (SSSR count). The number of hydrogen-bond acceptors (Lipinski definition) is 4. The van der Waals surface area contributed by atoms with E-state index < -0.39 is 43.9 Å². The fourth-order valence-electron chi connectivity index (χ4n) is 3.62. The van der Waals surface area contributed by atoms with Gasteiger partial charge in [-0.2, -0.15) is 0 Å². The lowest BCUT2D eigenvalue weighted by Gasteiger charge is -2.32. The van der Waals surface area contributed by atoms with Gasteiger partial charge in [-0.1, -0.05) is 18.2 Å². The molecule has 0 N–H and O–H groups in total. The molecule has 2 aliphatic heterocycles. The summed E-state index contributed by atoms with van der Waals surface area (Å²) in [6, 6.07) is 8.76. The summed E-state index contributed by atoms with van der Waals surface area (Å²) in [7, 11) is -2.88. The summed E-state index contributed by atoms with van der Waals surface area (Å²) in [6.07, 6.45) is 0. The molecule has 26 heavy (non-hydrogen) atoms. The van der Waals surface area contributed by atoms with Gasteiger partial charge in [0, 0.05) is 24.4 Å². The van der Waals surface area contributed by atoms with Gasteiger partial charge in [0.1, 0.15) is 5.75 Å². The Balaban J connectivity index is 2.08. The first kappa shape index (κ1) is 16.6. The maximum atomic E-state index is 13.7. The van der Waals surface area contributed by atoms with Crippen LogP contribution in [0.1, 0.15) is 5.56 Å². The molecule has 0 bridgehead atoms. The average Bonchev–Trinajstić information content (AvgIpc) is 2.94. The standard InChI is InChI=1S/C17H12F2N2O4S/c1-20-14-5-3-2-4-11(14)17(16(20)23)21(15(22)9-26(17,24)25)10-6-7-12(18)13(19)8-10/h2-8H,9H2,1H3. The minimum atomic E-state index is -4.28. The third-order valence-corrected chi connectivity index (χ3v) is 6.82. The van der Waals surface area contributed by atoms with Crippen molar-refractivity contribution in [2.45, 2.75) is 4.87 Å². The van der Waals surface area contributed by atoms with Gasteiger partial charge < -0.3 is 4.90 Å². The van der Waals surface area contributed by atoms with Gasteiger partial charge >= 0.3 is 0 Å². The number of carbonyl (C=O) groups excluding carboxylic acids is 2. The third-order valence-electron chi connectivity index (χ3n) is 4.71. The number of rotatable bonds is 1. The molecule has 0 aromatic heterocycles. The minimum absolute atomic E-state index is 0.114. The second-order valence-corrected chi connectivity index (χ2v) is 8.22. The van der Waals surface area contributed by atoms with Crippen LogP contribution in [0.25, 0.3) is 0 Å². The molecule has 9 heteroatoms. The van der Waals surface area contributed by atoms with E-state index in [1.54, 1.807) is 18.2 Å². The predicted molar refractivity (Wildman–Crippen MR) is 89.2 cm³/mol. The van der Waals surface area contributed by atoms with Crippen molar-refractivity contribution in [1.29, 1.82) is 0 Å². The molecule has 2 aromatic rings. The summed E-state index contributed by atoms with van der Waals surface area (Å²) in [6.45, 7) is 0. The molecule has 1 spiro atoms. The number of carbonyl (C=O) groups is 2. The second kappa shape index (κ2) is 5.10. The van der Waals surface area contributed by atoms with E-state index in [0.717, 1.165) is 21.9 Å². The number of nitrogens with zero attached hydrogens (tertiary/aromatic N) is 2. The number of amides is 2. The Kier molecular flexibility index (Phi) is 3.27. The van der Waals surface area contributed by atoms with Crippen LogP contribution in [-0.2, 0) is 24.3 Å². The summed E-state index contributed by atoms with van der Waals surface area (Å²) < 4.78 is 53.0. The van der Waals surface area contributed by atoms with Gasteiger partial charge in [-0.3, -0.25) is 14.5 Å². The van der Waals surface area contributed by atoms with Gasteiger partial charge in [0.2, 0.25) is 5.91 Å². The maximum absolute atomic E-state index is 13.7. The normalized spacial score (nSPS) is 23.8. The number of halogens is 2. The fraction of sp³-hybridized carbons (Fsp3) is 0.176. The van der Waals surface area contributed by atoms with Crippen molar-refractivity contribution in [1.82, 2.24) is 0 Å². The molecule has 2 amide bonds. The van der Waals surface area contributed by atoms with E-state index in [-0.39, 0.29) is 11.3 Å². The number of anilines is 2. The molecule has 1 saturated heterocycles. The summed E-state index contributed by atoms with van der Waals surface area (Å²) in [5, 5.41) is 0. The van der Waals surface area contributed by atoms with Crippen LogP contribution in [0.4, 0.5) is 20.2 Å². The molecule has 134 valence electrons. The lowest BCUT2D eigenvalue weighted by Crippen LogP contribution is -2.53. The monoisotopic (exact) mass is 378 g/mol. The zero-order chi connectivity index (χ0) is 18.9. The maximum Gasteiger partial charge on any atom is 0.273 e. The number of para-hydroxylation sites is 1. The van der Waals surface area contributed by atoms with E-state index in [9.17, 15) is 26.8 Å². The Hall–Kier alpha value is -2.81. The zero-order valence-electron chi connectivity index (χ0n) is 13.4. The first-order valence-electron chi connectivity index (χ1n) is 7.60. The number of fused-ring (bicyclic) bond motifs is 2. The lowest BCUT2D eigenvalue weighted by atomic mass is 10.0. The average molecular weight is 378 g/mol. The van der Waals surface area contributed by atoms with E-state index in [1.165, 1.54) is 13.1 Å². The van der Waals surface area contributed by atoms with Crippen molar-refractivity contribution in [3.63, 3.8) is 0 Å². The topological polar surface area (TPSA) is 74.8 Å². The van der Waals surface area contributed by atoms with Gasteiger partial charge in [-0.25, -0.2) is 17.2 Å². The fourth-order valence-corrected chi connectivity index (χ4v) is 5.68. The molecule has 1 fully saturated rings. The van der Waals surface area contributed by atoms with Crippen LogP contribution >= 0.6 is 0 Å². The van der Waals surface area contributed by atoms with Gasteiger partial charge in [0.25, 0.3) is 10.8 Å². The Morgan fingerprint density at radius 3 is 2.42 bits per heavy atom. The number of hydrogen-bond donors (Lipinski definition) is 0. The van der Waals surface area contributed by atoms with Crippen LogP contribution in [0.2, 0.25) is 0 Å². The molecule has 2 heterocycles. The van der Waals surface area contributed by atoms with E-state index >= 15 is 0 Å². The highest BCUT2D eigenvalue weighted by Crippen LogP contribution is 2.51. The minimum Gasteiger partial charge on any atom is -0.312 e.